The molecule has 0 aromatic heterocycles. The van der Waals surface area contributed by atoms with Crippen LogP contribution in [-0.2, 0) is 25.9 Å². The minimum Gasteiger partial charge on any atom is -0.346 e. The summed E-state index contributed by atoms with van der Waals surface area (Å²) in [6.07, 6.45) is 9.47. The second-order valence-corrected chi connectivity index (χ2v) is 9.79. The SMILES string of the molecule is CCCCCc1ccc(C#CC2=CC(OC)(OC)C=C/C2=N\S(=O)(=O)c2ccc(C)cc2)cc1. The molecule has 0 saturated carbocycles. The standard InChI is InChI=1S/C28H31NO4S/c1-5-6-7-8-23-11-13-24(14-12-23)15-16-25-21-28(32-3,33-4)20-19-27(25)29-34(30,31)26-17-9-22(2)10-18-26/h9-14,17-21H,5-8H2,1-4H3/b29-27+. The smallest absolute Gasteiger partial charge is 0.282 e. The van der Waals surface area contributed by atoms with Gasteiger partial charge in [0.15, 0.2) is 0 Å². The molecule has 0 N–H and O–H groups in total. The third kappa shape index (κ3) is 6.54. The van der Waals surface area contributed by atoms with Crippen molar-refractivity contribution in [3.05, 3.63) is 89.0 Å². The maximum absolute atomic E-state index is 12.9. The number of nitrogens with zero attached hydrogens (tertiary/aromatic N) is 1. The van der Waals surface area contributed by atoms with Crippen molar-refractivity contribution in [3.8, 4) is 11.8 Å². The number of methoxy groups -OCH3 is 2. The minimum atomic E-state index is -3.91. The highest BCUT2D eigenvalue weighted by molar-refractivity contribution is 7.90. The second kappa shape index (κ2) is 11.4. The van der Waals surface area contributed by atoms with Crippen molar-refractivity contribution >= 4 is 15.7 Å². The number of sulfonamides is 1. The van der Waals surface area contributed by atoms with Crippen LogP contribution >= 0.6 is 0 Å². The number of unbranched alkanes of at least 4 members (excludes halogenated alkanes) is 2. The van der Waals surface area contributed by atoms with E-state index < -0.39 is 15.8 Å². The van der Waals surface area contributed by atoms with Crippen molar-refractivity contribution < 1.29 is 17.9 Å². The minimum absolute atomic E-state index is 0.125. The van der Waals surface area contributed by atoms with Gasteiger partial charge in [0.2, 0.25) is 5.79 Å². The maximum Gasteiger partial charge on any atom is 0.282 e. The lowest BCUT2D eigenvalue weighted by Crippen LogP contribution is -2.32. The fourth-order valence-electron chi connectivity index (χ4n) is 3.49. The van der Waals surface area contributed by atoms with Gasteiger partial charge in [0, 0.05) is 19.8 Å². The summed E-state index contributed by atoms with van der Waals surface area (Å²) in [6.45, 7) is 4.09. The molecule has 2 aromatic rings. The fraction of sp³-hybridized carbons (Fsp3) is 0.321. The van der Waals surface area contributed by atoms with Crippen LogP contribution in [0.5, 0.6) is 0 Å². The zero-order chi connectivity index (χ0) is 24.6. The van der Waals surface area contributed by atoms with Gasteiger partial charge in [0.25, 0.3) is 10.0 Å². The summed E-state index contributed by atoms with van der Waals surface area (Å²) in [5, 5.41) is 0. The van der Waals surface area contributed by atoms with E-state index in [0.717, 1.165) is 17.5 Å². The van der Waals surface area contributed by atoms with E-state index in [-0.39, 0.29) is 10.6 Å². The number of rotatable bonds is 8. The van der Waals surface area contributed by atoms with Gasteiger partial charge in [-0.1, -0.05) is 61.4 Å². The van der Waals surface area contributed by atoms with Crippen LogP contribution in [0.25, 0.3) is 0 Å². The predicted octanol–water partition coefficient (Wildman–Crippen LogP) is 5.39. The molecule has 1 aliphatic rings. The molecular weight excluding hydrogens is 446 g/mol. The quantitative estimate of drug-likeness (QED) is 0.290. The zero-order valence-electron chi connectivity index (χ0n) is 20.2. The zero-order valence-corrected chi connectivity index (χ0v) is 21.0. The van der Waals surface area contributed by atoms with Crippen molar-refractivity contribution in [2.24, 2.45) is 4.40 Å². The first-order valence-electron chi connectivity index (χ1n) is 11.4. The van der Waals surface area contributed by atoms with E-state index in [9.17, 15) is 8.42 Å². The monoisotopic (exact) mass is 477 g/mol. The molecule has 3 rings (SSSR count). The fourth-order valence-corrected chi connectivity index (χ4v) is 4.49. The van der Waals surface area contributed by atoms with Crippen LogP contribution in [0.2, 0.25) is 0 Å². The highest BCUT2D eigenvalue weighted by atomic mass is 32.2. The van der Waals surface area contributed by atoms with Crippen molar-refractivity contribution in [2.45, 2.75) is 50.2 Å². The predicted molar refractivity (Wildman–Crippen MR) is 136 cm³/mol. The van der Waals surface area contributed by atoms with Gasteiger partial charge in [-0.3, -0.25) is 0 Å². The molecule has 0 aliphatic heterocycles. The lowest BCUT2D eigenvalue weighted by atomic mass is 9.99. The highest BCUT2D eigenvalue weighted by Gasteiger charge is 2.29. The summed E-state index contributed by atoms with van der Waals surface area (Å²) in [5.41, 5.74) is 3.72. The van der Waals surface area contributed by atoms with Crippen LogP contribution in [0.3, 0.4) is 0 Å². The van der Waals surface area contributed by atoms with E-state index in [4.69, 9.17) is 9.47 Å². The summed E-state index contributed by atoms with van der Waals surface area (Å²) >= 11 is 0. The van der Waals surface area contributed by atoms with Crippen LogP contribution < -0.4 is 0 Å². The van der Waals surface area contributed by atoms with Gasteiger partial charge in [-0.15, -0.1) is 0 Å². The molecule has 0 unspecified atom stereocenters. The molecule has 0 amide bonds. The van der Waals surface area contributed by atoms with Gasteiger partial charge >= 0.3 is 0 Å². The number of ether oxygens (including phenoxy) is 2. The van der Waals surface area contributed by atoms with E-state index in [1.54, 1.807) is 42.5 Å². The Bertz CT molecular complexity index is 1240. The second-order valence-electron chi connectivity index (χ2n) is 8.19. The number of allylic oxidation sites excluding steroid dienone is 2. The molecule has 0 atom stereocenters. The van der Waals surface area contributed by atoms with E-state index in [1.807, 2.05) is 19.1 Å². The summed E-state index contributed by atoms with van der Waals surface area (Å²) < 4.78 is 40.9. The molecular formula is C28H31NO4S. The van der Waals surface area contributed by atoms with Crippen LogP contribution in [-0.4, -0.2) is 34.1 Å². The molecule has 0 radical (unpaired) electrons. The van der Waals surface area contributed by atoms with E-state index in [0.29, 0.717) is 5.57 Å². The Hall–Kier alpha value is -2.98. The summed E-state index contributed by atoms with van der Waals surface area (Å²) in [5.74, 6) is 5.05. The average Bonchev–Trinajstić information content (AvgIpc) is 2.84. The van der Waals surface area contributed by atoms with Crippen molar-refractivity contribution in [2.75, 3.05) is 14.2 Å². The molecule has 178 valence electrons. The summed E-state index contributed by atoms with van der Waals surface area (Å²) in [4.78, 5) is 0.125. The number of hydrogen-bond acceptors (Lipinski definition) is 4. The molecule has 0 spiro atoms. The van der Waals surface area contributed by atoms with Gasteiger partial charge < -0.3 is 9.47 Å². The number of aryl methyl sites for hydroxylation is 2. The molecule has 0 bridgehead atoms. The molecule has 5 nitrogen and oxygen atoms in total. The van der Waals surface area contributed by atoms with Crippen LogP contribution in [0, 0.1) is 18.8 Å². The normalized spacial score (nSPS) is 16.1. The Morgan fingerprint density at radius 1 is 0.941 bits per heavy atom. The largest absolute Gasteiger partial charge is 0.346 e. The first-order chi connectivity index (χ1) is 16.3. The van der Waals surface area contributed by atoms with Crippen LogP contribution in [0.1, 0.15) is 42.9 Å². The van der Waals surface area contributed by atoms with Gasteiger partial charge in [0.05, 0.1) is 16.2 Å². The van der Waals surface area contributed by atoms with E-state index in [2.05, 4.69) is 35.3 Å². The number of benzene rings is 2. The van der Waals surface area contributed by atoms with Crippen molar-refractivity contribution in [1.29, 1.82) is 0 Å². The molecule has 6 heteroatoms. The van der Waals surface area contributed by atoms with Gasteiger partial charge in [0.1, 0.15) is 0 Å². The maximum atomic E-state index is 12.9. The first-order valence-corrected chi connectivity index (χ1v) is 12.8. The van der Waals surface area contributed by atoms with Crippen molar-refractivity contribution in [3.63, 3.8) is 0 Å². The Morgan fingerprint density at radius 3 is 2.24 bits per heavy atom. The van der Waals surface area contributed by atoms with Crippen LogP contribution in [0.4, 0.5) is 0 Å². The van der Waals surface area contributed by atoms with Crippen LogP contribution in [0.15, 0.2) is 81.6 Å². The molecule has 0 fully saturated rings. The average molecular weight is 478 g/mol. The lowest BCUT2D eigenvalue weighted by molar-refractivity contribution is -0.133. The molecule has 2 aromatic carbocycles. The topological polar surface area (TPSA) is 65.0 Å². The van der Waals surface area contributed by atoms with Gasteiger partial charge in [-0.2, -0.15) is 12.8 Å². The van der Waals surface area contributed by atoms with Gasteiger partial charge in [-0.25, -0.2) is 0 Å². The molecule has 34 heavy (non-hydrogen) atoms. The third-order valence-electron chi connectivity index (χ3n) is 5.63. The molecule has 0 heterocycles. The molecule has 0 saturated heterocycles. The summed E-state index contributed by atoms with van der Waals surface area (Å²) in [6, 6.07) is 14.7. The highest BCUT2D eigenvalue weighted by Crippen LogP contribution is 2.25. The first kappa shape index (κ1) is 25.6. The van der Waals surface area contributed by atoms with Crippen molar-refractivity contribution in [1.82, 2.24) is 0 Å². The Morgan fingerprint density at radius 2 is 1.62 bits per heavy atom. The van der Waals surface area contributed by atoms with E-state index in [1.165, 1.54) is 39.0 Å². The summed E-state index contributed by atoms with van der Waals surface area (Å²) in [7, 11) is -0.890. The Balaban J connectivity index is 1.94. The number of hydrogen-bond donors (Lipinski definition) is 0. The Labute approximate surface area is 203 Å². The van der Waals surface area contributed by atoms with Gasteiger partial charge in [-0.05, 0) is 67.8 Å². The van der Waals surface area contributed by atoms with E-state index >= 15 is 0 Å². The Kier molecular flexibility index (Phi) is 8.62. The molecule has 1 aliphatic carbocycles. The third-order valence-corrected chi connectivity index (χ3v) is 6.94. The lowest BCUT2D eigenvalue weighted by Gasteiger charge is -2.27.